The highest BCUT2D eigenvalue weighted by Crippen LogP contribution is 2.25. The molecule has 2 rings (SSSR count). The van der Waals surface area contributed by atoms with Gasteiger partial charge in [-0.1, -0.05) is 11.3 Å². The molecule has 19 heavy (non-hydrogen) atoms. The monoisotopic (exact) mass is 283 g/mol. The van der Waals surface area contributed by atoms with Crippen LogP contribution in [0.25, 0.3) is 0 Å². The summed E-state index contributed by atoms with van der Waals surface area (Å²) in [6.45, 7) is 7.04. The Bertz CT molecular complexity index is 467. The summed E-state index contributed by atoms with van der Waals surface area (Å²) in [6, 6.07) is 0. The average Bonchev–Trinajstić information content (AvgIpc) is 2.79. The van der Waals surface area contributed by atoms with Gasteiger partial charge in [-0.05, 0) is 13.8 Å². The number of esters is 1. The molecule has 1 saturated heterocycles. The van der Waals surface area contributed by atoms with Crippen LogP contribution in [-0.2, 0) is 9.47 Å². The van der Waals surface area contributed by atoms with Crippen molar-refractivity contribution in [1.82, 2.24) is 9.88 Å². The molecule has 0 unspecified atom stereocenters. The highest BCUT2D eigenvalue weighted by molar-refractivity contribution is 7.17. The lowest BCUT2D eigenvalue weighted by Gasteiger charge is -2.23. The number of thiazole rings is 1. The first kappa shape index (κ1) is 14.0. The number of rotatable bonds is 4. The van der Waals surface area contributed by atoms with Gasteiger partial charge in [0.2, 0.25) is 5.13 Å². The number of morpholine rings is 1. The van der Waals surface area contributed by atoms with E-state index < -0.39 is 0 Å². The molecule has 7 heteroatoms. The summed E-state index contributed by atoms with van der Waals surface area (Å²) in [7, 11) is 0. The molecule has 104 valence electrons. The van der Waals surface area contributed by atoms with Crippen molar-refractivity contribution < 1.29 is 14.3 Å². The Balaban J connectivity index is 2.02. The van der Waals surface area contributed by atoms with Crippen molar-refractivity contribution in [1.29, 1.82) is 0 Å². The molecular weight excluding hydrogens is 266 g/mol. The number of ether oxygens (including phenoxy) is 2. The Morgan fingerprint density at radius 2 is 2.32 bits per heavy atom. The van der Waals surface area contributed by atoms with Crippen molar-refractivity contribution in [3.05, 3.63) is 10.6 Å². The summed E-state index contributed by atoms with van der Waals surface area (Å²) in [4.78, 5) is 22.8. The fourth-order valence-electron chi connectivity index (χ4n) is 1.65. The fraction of sp³-hybridized carbons (Fsp3) is 0.583. The van der Waals surface area contributed by atoms with Gasteiger partial charge in [0.25, 0.3) is 0 Å². The third kappa shape index (κ3) is 3.74. The van der Waals surface area contributed by atoms with E-state index in [1.807, 2.05) is 0 Å². The van der Waals surface area contributed by atoms with Gasteiger partial charge in [0, 0.05) is 13.1 Å². The maximum absolute atomic E-state index is 11.7. The van der Waals surface area contributed by atoms with Crippen LogP contribution in [0.5, 0.6) is 0 Å². The molecule has 1 fully saturated rings. The number of nitrogens with zero attached hydrogens (tertiary/aromatic N) is 3. The predicted octanol–water partition coefficient (Wildman–Crippen LogP) is 1.62. The second-order valence-corrected chi connectivity index (χ2v) is 5.00. The van der Waals surface area contributed by atoms with Gasteiger partial charge < -0.3 is 14.4 Å². The fourth-order valence-corrected chi connectivity index (χ4v) is 2.45. The largest absolute Gasteiger partial charge is 0.462 e. The Labute approximate surface area is 116 Å². The molecule has 0 N–H and O–H groups in total. The van der Waals surface area contributed by atoms with E-state index in [9.17, 15) is 4.79 Å². The van der Waals surface area contributed by atoms with E-state index in [4.69, 9.17) is 9.47 Å². The molecule has 0 aliphatic carbocycles. The third-order valence-electron chi connectivity index (χ3n) is 2.62. The molecule has 0 spiro atoms. The lowest BCUT2D eigenvalue weighted by molar-refractivity contribution is 0.0531. The maximum Gasteiger partial charge on any atom is 0.350 e. The van der Waals surface area contributed by atoms with Crippen LogP contribution in [0.1, 0.15) is 22.3 Å². The summed E-state index contributed by atoms with van der Waals surface area (Å²) >= 11 is 1.25. The van der Waals surface area contributed by atoms with Crippen LogP contribution in [-0.4, -0.2) is 55.1 Å². The zero-order valence-corrected chi connectivity index (χ0v) is 11.9. The first-order valence-corrected chi connectivity index (χ1v) is 7.03. The Hall–Kier alpha value is -1.47. The lowest BCUT2D eigenvalue weighted by Crippen LogP contribution is -2.34. The summed E-state index contributed by atoms with van der Waals surface area (Å²) in [5.41, 5.74) is 0.664. The van der Waals surface area contributed by atoms with E-state index >= 15 is 0 Å². The number of hydrogen-bond acceptors (Lipinski definition) is 6. The SMILES string of the molecule is CCOC(=O)c1sc(/N=C/N2CCOCC2)nc1C. The number of aryl methyl sites for hydroxylation is 1. The zero-order chi connectivity index (χ0) is 13.7. The van der Waals surface area contributed by atoms with Crippen LogP contribution in [0, 0.1) is 6.92 Å². The average molecular weight is 283 g/mol. The standard InChI is InChI=1S/C12H17N3O3S/c1-3-18-11(16)10-9(2)14-12(19-10)13-8-15-4-6-17-7-5-15/h8H,3-7H2,1-2H3/b13-8+. The molecule has 6 nitrogen and oxygen atoms in total. The van der Waals surface area contributed by atoms with Gasteiger partial charge in [0.05, 0.1) is 31.9 Å². The number of aliphatic imine (C=N–C) groups is 1. The lowest BCUT2D eigenvalue weighted by atomic mass is 10.4. The van der Waals surface area contributed by atoms with Crippen molar-refractivity contribution in [3.63, 3.8) is 0 Å². The highest BCUT2D eigenvalue weighted by atomic mass is 32.1. The van der Waals surface area contributed by atoms with Gasteiger partial charge >= 0.3 is 5.97 Å². The van der Waals surface area contributed by atoms with E-state index in [0.717, 1.165) is 26.3 Å². The molecule has 1 aliphatic rings. The number of hydrogen-bond donors (Lipinski definition) is 0. The van der Waals surface area contributed by atoms with Gasteiger partial charge in [0.15, 0.2) is 0 Å². The topological polar surface area (TPSA) is 64.0 Å². The second-order valence-electron chi connectivity index (χ2n) is 4.02. The van der Waals surface area contributed by atoms with Crippen LogP contribution in [0.4, 0.5) is 5.13 Å². The van der Waals surface area contributed by atoms with Crippen LogP contribution < -0.4 is 0 Å². The van der Waals surface area contributed by atoms with Gasteiger partial charge in [-0.25, -0.2) is 14.8 Å². The van der Waals surface area contributed by atoms with E-state index in [2.05, 4.69) is 14.9 Å². The van der Waals surface area contributed by atoms with E-state index in [1.54, 1.807) is 20.2 Å². The predicted molar refractivity (Wildman–Crippen MR) is 73.4 cm³/mol. The number of carbonyl (C=O) groups excluding carboxylic acids is 1. The van der Waals surface area contributed by atoms with E-state index in [1.165, 1.54) is 11.3 Å². The van der Waals surface area contributed by atoms with Gasteiger partial charge in [-0.3, -0.25) is 0 Å². The molecule has 2 heterocycles. The maximum atomic E-state index is 11.7. The minimum Gasteiger partial charge on any atom is -0.462 e. The minimum atomic E-state index is -0.328. The summed E-state index contributed by atoms with van der Waals surface area (Å²) in [5, 5.41) is 0.576. The third-order valence-corrected chi connectivity index (χ3v) is 3.67. The molecule has 0 radical (unpaired) electrons. The number of aromatic nitrogens is 1. The molecular formula is C12H17N3O3S. The normalized spacial score (nSPS) is 16.0. The van der Waals surface area contributed by atoms with E-state index in [-0.39, 0.29) is 5.97 Å². The van der Waals surface area contributed by atoms with Gasteiger partial charge in [-0.2, -0.15) is 0 Å². The highest BCUT2D eigenvalue weighted by Gasteiger charge is 2.16. The smallest absolute Gasteiger partial charge is 0.350 e. The Morgan fingerprint density at radius 3 is 3.00 bits per heavy atom. The van der Waals surface area contributed by atoms with Gasteiger partial charge in [-0.15, -0.1) is 0 Å². The second kappa shape index (κ2) is 6.63. The first-order valence-electron chi connectivity index (χ1n) is 6.21. The van der Waals surface area contributed by atoms with Crippen LogP contribution in [0.2, 0.25) is 0 Å². The Kier molecular flexibility index (Phi) is 4.86. The molecule has 0 aromatic carbocycles. The van der Waals surface area contributed by atoms with Crippen LogP contribution in [0.15, 0.2) is 4.99 Å². The van der Waals surface area contributed by atoms with Crippen molar-refractivity contribution in [3.8, 4) is 0 Å². The zero-order valence-electron chi connectivity index (χ0n) is 11.1. The quantitative estimate of drug-likeness (QED) is 0.477. The first-order chi connectivity index (χ1) is 9.20. The van der Waals surface area contributed by atoms with Crippen LogP contribution in [0.3, 0.4) is 0 Å². The number of carbonyl (C=O) groups is 1. The Morgan fingerprint density at radius 1 is 1.58 bits per heavy atom. The molecule has 0 bridgehead atoms. The molecule has 0 amide bonds. The van der Waals surface area contributed by atoms with Crippen molar-refractivity contribution in [2.24, 2.45) is 4.99 Å². The van der Waals surface area contributed by atoms with Crippen molar-refractivity contribution in [2.75, 3.05) is 32.9 Å². The molecule has 1 aromatic rings. The van der Waals surface area contributed by atoms with Crippen LogP contribution >= 0.6 is 11.3 Å². The van der Waals surface area contributed by atoms with Gasteiger partial charge in [0.1, 0.15) is 4.88 Å². The summed E-state index contributed by atoms with van der Waals surface area (Å²) in [6.07, 6.45) is 1.76. The molecule has 1 aromatic heterocycles. The van der Waals surface area contributed by atoms with E-state index in [0.29, 0.717) is 22.3 Å². The van der Waals surface area contributed by atoms with Crippen molar-refractivity contribution >= 4 is 28.8 Å². The molecule has 1 aliphatic heterocycles. The summed E-state index contributed by atoms with van der Waals surface area (Å²) in [5.74, 6) is -0.328. The molecule has 0 atom stereocenters. The molecule has 0 saturated carbocycles. The summed E-state index contributed by atoms with van der Waals surface area (Å²) < 4.78 is 10.2. The van der Waals surface area contributed by atoms with Crippen molar-refractivity contribution in [2.45, 2.75) is 13.8 Å². The minimum absolute atomic E-state index is 0.328.